The maximum Gasteiger partial charge on any atom is 0.408 e. The molecule has 2 atom stereocenters. The number of ether oxygens (including phenoxy) is 3. The van der Waals surface area contributed by atoms with Gasteiger partial charge < -0.3 is 24.6 Å². The summed E-state index contributed by atoms with van der Waals surface area (Å²) in [6.07, 6.45) is -2.01. The van der Waals surface area contributed by atoms with Gasteiger partial charge >= 0.3 is 12.1 Å². The Bertz CT molecular complexity index is 1430. The Morgan fingerprint density at radius 2 is 1.84 bits per heavy atom. The van der Waals surface area contributed by atoms with Crippen LogP contribution in [0.3, 0.4) is 0 Å². The van der Waals surface area contributed by atoms with Crippen molar-refractivity contribution in [2.75, 3.05) is 12.4 Å². The van der Waals surface area contributed by atoms with Crippen LogP contribution in [0.25, 0.3) is 0 Å². The van der Waals surface area contributed by atoms with Gasteiger partial charge in [-0.25, -0.2) is 9.59 Å². The molecule has 3 aromatic carbocycles. The molecule has 9 nitrogen and oxygen atoms in total. The summed E-state index contributed by atoms with van der Waals surface area (Å²) < 4.78 is 16.6. The van der Waals surface area contributed by atoms with E-state index < -0.39 is 24.2 Å². The molecule has 38 heavy (non-hydrogen) atoms. The lowest BCUT2D eigenvalue weighted by Gasteiger charge is -2.34. The van der Waals surface area contributed by atoms with Gasteiger partial charge in [-0.05, 0) is 53.1 Å². The standard InChI is InChI=1S/C27H22Cl2N2O7/c1-36-26(33)22-10-16-9-21-23(11-17(16)12-31(22)27(34)35)38-24(25(32)30-21)15-3-5-18(6-4-15)37-13-14-2-7-19(28)20(29)8-14/h2-9,11,22,24H,10,12-13H2,1H3,(H,30,32)(H,34,35)/t22-,24+/m0/s1. The highest BCUT2D eigenvalue weighted by Crippen LogP contribution is 2.39. The average Bonchev–Trinajstić information content (AvgIpc) is 2.91. The molecule has 196 valence electrons. The molecular formula is C27H22Cl2N2O7. The van der Waals surface area contributed by atoms with Gasteiger partial charge in [-0.1, -0.05) is 41.4 Å². The van der Waals surface area contributed by atoms with E-state index in [1.54, 1.807) is 48.5 Å². The second-order valence-electron chi connectivity index (χ2n) is 8.86. The Morgan fingerprint density at radius 1 is 1.08 bits per heavy atom. The number of methoxy groups -OCH3 is 1. The highest BCUT2D eigenvalue weighted by atomic mass is 35.5. The van der Waals surface area contributed by atoms with Crippen molar-refractivity contribution in [3.63, 3.8) is 0 Å². The largest absolute Gasteiger partial charge is 0.489 e. The predicted octanol–water partition coefficient (Wildman–Crippen LogP) is 5.22. The molecule has 2 amide bonds. The number of carbonyl (C=O) groups is 3. The minimum atomic E-state index is -1.22. The summed E-state index contributed by atoms with van der Waals surface area (Å²) in [7, 11) is 1.22. The van der Waals surface area contributed by atoms with Crippen molar-refractivity contribution in [3.05, 3.63) is 86.9 Å². The smallest absolute Gasteiger partial charge is 0.408 e. The first kappa shape index (κ1) is 25.7. The third-order valence-electron chi connectivity index (χ3n) is 6.46. The summed E-state index contributed by atoms with van der Waals surface area (Å²) in [5.74, 6) is 0.0181. The fraction of sp³-hybridized carbons (Fsp3) is 0.222. The van der Waals surface area contributed by atoms with Gasteiger partial charge in [-0.2, -0.15) is 0 Å². The molecular weight excluding hydrogens is 535 g/mol. The highest BCUT2D eigenvalue weighted by molar-refractivity contribution is 6.42. The van der Waals surface area contributed by atoms with E-state index in [-0.39, 0.29) is 18.9 Å². The molecule has 2 aliphatic rings. The van der Waals surface area contributed by atoms with E-state index in [4.69, 9.17) is 37.4 Å². The van der Waals surface area contributed by atoms with E-state index in [1.807, 2.05) is 6.07 Å². The maximum absolute atomic E-state index is 12.9. The molecule has 3 aromatic rings. The molecule has 2 heterocycles. The SMILES string of the molecule is COC(=O)[C@@H]1Cc2cc3c(cc2CN1C(=O)O)O[C@H](c1ccc(OCc2ccc(Cl)c(Cl)c2)cc1)C(=O)N3. The fourth-order valence-corrected chi connectivity index (χ4v) is 4.81. The van der Waals surface area contributed by atoms with Crippen molar-refractivity contribution in [2.24, 2.45) is 0 Å². The van der Waals surface area contributed by atoms with Crippen LogP contribution in [0.4, 0.5) is 10.5 Å². The van der Waals surface area contributed by atoms with Crippen LogP contribution in [0.15, 0.2) is 54.6 Å². The van der Waals surface area contributed by atoms with E-state index in [2.05, 4.69) is 5.32 Å². The van der Waals surface area contributed by atoms with Gasteiger partial charge in [0.25, 0.3) is 5.91 Å². The highest BCUT2D eigenvalue weighted by Gasteiger charge is 2.37. The van der Waals surface area contributed by atoms with Gasteiger partial charge in [0.05, 0.1) is 29.4 Å². The molecule has 0 aromatic heterocycles. The van der Waals surface area contributed by atoms with Crippen molar-refractivity contribution < 1.29 is 33.7 Å². The summed E-state index contributed by atoms with van der Waals surface area (Å²) in [5.41, 5.74) is 3.36. The number of fused-ring (bicyclic) bond motifs is 2. The van der Waals surface area contributed by atoms with Crippen molar-refractivity contribution in [3.8, 4) is 11.5 Å². The number of hydrogen-bond acceptors (Lipinski definition) is 6. The number of halogens is 2. The zero-order valence-corrected chi connectivity index (χ0v) is 21.6. The van der Waals surface area contributed by atoms with Crippen LogP contribution >= 0.6 is 23.2 Å². The van der Waals surface area contributed by atoms with Crippen LogP contribution in [0.1, 0.15) is 28.4 Å². The van der Waals surface area contributed by atoms with Gasteiger partial charge in [0, 0.05) is 12.0 Å². The zero-order valence-electron chi connectivity index (χ0n) is 20.1. The number of carboxylic acid groups (broad SMARTS) is 1. The number of rotatable bonds is 5. The number of nitrogens with zero attached hydrogens (tertiary/aromatic N) is 1. The van der Waals surface area contributed by atoms with Crippen molar-refractivity contribution >= 4 is 46.9 Å². The number of anilines is 1. The van der Waals surface area contributed by atoms with E-state index in [0.717, 1.165) is 16.0 Å². The predicted molar refractivity (Wildman–Crippen MR) is 139 cm³/mol. The number of esters is 1. The lowest BCUT2D eigenvalue weighted by molar-refractivity contribution is -0.146. The fourth-order valence-electron chi connectivity index (χ4n) is 4.49. The van der Waals surface area contributed by atoms with Crippen molar-refractivity contribution in [1.29, 1.82) is 0 Å². The number of benzene rings is 3. The second kappa shape index (κ2) is 10.4. The number of nitrogens with one attached hydrogen (secondary N) is 1. The van der Waals surface area contributed by atoms with Crippen LogP contribution in [0.5, 0.6) is 11.5 Å². The zero-order chi connectivity index (χ0) is 27.0. The van der Waals surface area contributed by atoms with Gasteiger partial charge in [-0.3, -0.25) is 9.69 Å². The molecule has 2 N–H and O–H groups in total. The number of carbonyl (C=O) groups excluding carboxylic acids is 2. The third-order valence-corrected chi connectivity index (χ3v) is 7.20. The van der Waals surface area contributed by atoms with Gasteiger partial charge in [0.15, 0.2) is 0 Å². The Morgan fingerprint density at radius 3 is 2.53 bits per heavy atom. The molecule has 2 aliphatic heterocycles. The van der Waals surface area contributed by atoms with Crippen LogP contribution in [0.2, 0.25) is 10.0 Å². The Balaban J connectivity index is 1.31. The van der Waals surface area contributed by atoms with Crippen molar-refractivity contribution in [1.82, 2.24) is 4.90 Å². The molecule has 0 fully saturated rings. The monoisotopic (exact) mass is 556 g/mol. The van der Waals surface area contributed by atoms with E-state index in [1.165, 1.54) is 7.11 Å². The molecule has 0 saturated carbocycles. The van der Waals surface area contributed by atoms with Crippen molar-refractivity contribution in [2.45, 2.75) is 31.7 Å². The number of amides is 2. The molecule has 5 rings (SSSR count). The Hall–Kier alpha value is -3.95. The third kappa shape index (κ3) is 5.07. The lowest BCUT2D eigenvalue weighted by atomic mass is 9.92. The van der Waals surface area contributed by atoms with E-state index >= 15 is 0 Å². The summed E-state index contributed by atoms with van der Waals surface area (Å²) in [5, 5.41) is 13.4. The molecule has 0 spiro atoms. The Labute approximate surface area is 227 Å². The summed E-state index contributed by atoms with van der Waals surface area (Å²) in [6.45, 7) is 0.282. The normalized spacial score (nSPS) is 18.0. The summed E-state index contributed by atoms with van der Waals surface area (Å²) >= 11 is 12.0. The number of hydrogen-bond donors (Lipinski definition) is 2. The minimum absolute atomic E-state index is 0.00937. The maximum atomic E-state index is 12.9. The quantitative estimate of drug-likeness (QED) is 0.414. The molecule has 0 bridgehead atoms. The average molecular weight is 557 g/mol. The lowest BCUT2D eigenvalue weighted by Crippen LogP contribution is -2.48. The summed E-state index contributed by atoms with van der Waals surface area (Å²) in [4.78, 5) is 37.8. The van der Waals surface area contributed by atoms with E-state index in [9.17, 15) is 19.5 Å². The van der Waals surface area contributed by atoms with Crippen LogP contribution in [-0.4, -0.2) is 41.1 Å². The molecule has 0 saturated heterocycles. The van der Waals surface area contributed by atoms with Gasteiger partial charge in [0.1, 0.15) is 24.1 Å². The topological polar surface area (TPSA) is 114 Å². The van der Waals surface area contributed by atoms with Crippen LogP contribution < -0.4 is 14.8 Å². The van der Waals surface area contributed by atoms with E-state index in [0.29, 0.717) is 45.0 Å². The van der Waals surface area contributed by atoms with Gasteiger partial charge in [-0.15, -0.1) is 0 Å². The van der Waals surface area contributed by atoms with Crippen LogP contribution in [-0.2, 0) is 33.9 Å². The molecule has 0 aliphatic carbocycles. The Kier molecular flexibility index (Phi) is 7.05. The molecule has 11 heteroatoms. The molecule has 0 radical (unpaired) electrons. The van der Waals surface area contributed by atoms with Gasteiger partial charge in [0.2, 0.25) is 6.10 Å². The summed E-state index contributed by atoms with van der Waals surface area (Å²) in [6, 6.07) is 14.7. The first-order chi connectivity index (χ1) is 18.2. The first-order valence-corrected chi connectivity index (χ1v) is 12.4. The second-order valence-corrected chi connectivity index (χ2v) is 9.68. The van der Waals surface area contributed by atoms with Crippen LogP contribution in [0, 0.1) is 0 Å². The molecule has 0 unspecified atom stereocenters. The first-order valence-electron chi connectivity index (χ1n) is 11.6. The minimum Gasteiger partial charge on any atom is -0.489 e.